The van der Waals surface area contributed by atoms with E-state index < -0.39 is 0 Å². The van der Waals surface area contributed by atoms with Crippen molar-refractivity contribution in [3.05, 3.63) is 82.3 Å². The summed E-state index contributed by atoms with van der Waals surface area (Å²) < 4.78 is 2.28. The molecule has 0 saturated carbocycles. The summed E-state index contributed by atoms with van der Waals surface area (Å²) in [4.78, 5) is 16.2. The van der Waals surface area contributed by atoms with Crippen molar-refractivity contribution in [3.8, 4) is 0 Å². The van der Waals surface area contributed by atoms with Crippen LogP contribution < -0.4 is 5.32 Å². The molecule has 3 aromatic rings. The van der Waals surface area contributed by atoms with Gasteiger partial charge in [0.25, 0.3) is 0 Å². The van der Waals surface area contributed by atoms with Crippen LogP contribution in [0.5, 0.6) is 0 Å². The molecule has 1 N–H and O–H groups in total. The largest absolute Gasteiger partial charge is 0.349 e. The van der Waals surface area contributed by atoms with Crippen molar-refractivity contribution in [1.29, 1.82) is 0 Å². The third-order valence-electron chi connectivity index (χ3n) is 5.08. The van der Waals surface area contributed by atoms with Gasteiger partial charge in [0, 0.05) is 35.9 Å². The van der Waals surface area contributed by atoms with Crippen molar-refractivity contribution in [2.45, 2.75) is 25.6 Å². The van der Waals surface area contributed by atoms with Crippen LogP contribution in [0.4, 0.5) is 0 Å². The molecule has 0 unspecified atom stereocenters. The summed E-state index contributed by atoms with van der Waals surface area (Å²) in [6.07, 6.45) is 2.12. The molecule has 4 rings (SSSR count). The van der Waals surface area contributed by atoms with Gasteiger partial charge < -0.3 is 9.88 Å². The maximum Gasteiger partial charge on any atom is 0.234 e. The molecule has 0 saturated heterocycles. The summed E-state index contributed by atoms with van der Waals surface area (Å²) in [6.45, 7) is 4.42. The van der Waals surface area contributed by atoms with E-state index in [9.17, 15) is 4.79 Å². The van der Waals surface area contributed by atoms with Crippen LogP contribution in [0.15, 0.2) is 66.2 Å². The van der Waals surface area contributed by atoms with Gasteiger partial charge >= 0.3 is 0 Å². The van der Waals surface area contributed by atoms with Gasteiger partial charge in [0.2, 0.25) is 5.91 Å². The lowest BCUT2D eigenvalue weighted by Gasteiger charge is -2.34. The first kappa shape index (κ1) is 17.1. The SMILES string of the molecule is C[C@@H]1c2cccn2CCN1CC(=O)N[C@H](c1ccccc1)c1cccs1. The second kappa shape index (κ2) is 7.48. The number of carbonyl (C=O) groups excluding carboxylic acids is 1. The zero-order valence-electron chi connectivity index (χ0n) is 14.8. The number of rotatable bonds is 5. The van der Waals surface area contributed by atoms with E-state index in [1.165, 1.54) is 5.69 Å². The zero-order chi connectivity index (χ0) is 17.9. The van der Waals surface area contributed by atoms with Gasteiger partial charge in [0.15, 0.2) is 0 Å². The standard InChI is InChI=1S/C21H23N3OS/c1-16-18-9-5-11-23(18)12-13-24(16)15-20(25)22-21(19-10-6-14-26-19)17-7-3-2-4-8-17/h2-11,14,16,21H,12-13,15H2,1H3,(H,22,25)/t16-,21-/m1/s1. The molecule has 0 aliphatic carbocycles. The zero-order valence-corrected chi connectivity index (χ0v) is 15.7. The second-order valence-corrected chi connectivity index (χ2v) is 7.68. The molecule has 0 radical (unpaired) electrons. The van der Waals surface area contributed by atoms with Gasteiger partial charge in [-0.2, -0.15) is 0 Å². The predicted molar refractivity (Wildman–Crippen MR) is 105 cm³/mol. The fraction of sp³-hybridized carbons (Fsp3) is 0.286. The number of benzene rings is 1. The molecule has 1 aliphatic heterocycles. The molecule has 0 bridgehead atoms. The quantitative estimate of drug-likeness (QED) is 0.746. The molecule has 0 fully saturated rings. The minimum atomic E-state index is -0.0901. The van der Waals surface area contributed by atoms with Crippen LogP contribution in [-0.4, -0.2) is 28.5 Å². The van der Waals surface area contributed by atoms with Crippen molar-refractivity contribution in [2.75, 3.05) is 13.1 Å². The summed E-state index contributed by atoms with van der Waals surface area (Å²) in [5.74, 6) is 0.0686. The van der Waals surface area contributed by atoms with E-state index in [1.807, 2.05) is 24.3 Å². The molecule has 1 aromatic carbocycles. The molecule has 5 heteroatoms. The van der Waals surface area contributed by atoms with E-state index in [4.69, 9.17) is 0 Å². The highest BCUT2D eigenvalue weighted by molar-refractivity contribution is 7.10. The topological polar surface area (TPSA) is 37.3 Å². The van der Waals surface area contributed by atoms with Crippen LogP contribution >= 0.6 is 11.3 Å². The van der Waals surface area contributed by atoms with Crippen molar-refractivity contribution < 1.29 is 4.79 Å². The average Bonchev–Trinajstić information content (AvgIpc) is 3.35. The normalized spacial score (nSPS) is 18.3. The first-order valence-electron chi connectivity index (χ1n) is 8.99. The van der Waals surface area contributed by atoms with Crippen LogP contribution in [0.25, 0.3) is 0 Å². The molecule has 134 valence electrons. The number of amides is 1. The van der Waals surface area contributed by atoms with Gasteiger partial charge in [-0.25, -0.2) is 0 Å². The van der Waals surface area contributed by atoms with Gasteiger partial charge in [-0.1, -0.05) is 36.4 Å². The molecule has 26 heavy (non-hydrogen) atoms. The molecular formula is C21H23N3OS. The average molecular weight is 366 g/mol. The maximum atomic E-state index is 12.8. The molecule has 2 aromatic heterocycles. The van der Waals surface area contributed by atoms with Crippen LogP contribution in [0, 0.1) is 0 Å². The summed E-state index contributed by atoms with van der Waals surface area (Å²) in [5, 5.41) is 5.30. The van der Waals surface area contributed by atoms with E-state index >= 15 is 0 Å². The van der Waals surface area contributed by atoms with E-state index in [0.717, 1.165) is 23.5 Å². The lowest BCUT2D eigenvalue weighted by Crippen LogP contribution is -2.44. The summed E-state index contributed by atoms with van der Waals surface area (Å²) >= 11 is 1.67. The fourth-order valence-electron chi connectivity index (χ4n) is 3.65. The van der Waals surface area contributed by atoms with E-state index in [-0.39, 0.29) is 18.0 Å². The number of nitrogens with one attached hydrogen (secondary N) is 1. The van der Waals surface area contributed by atoms with Crippen molar-refractivity contribution >= 4 is 17.2 Å². The highest BCUT2D eigenvalue weighted by atomic mass is 32.1. The third kappa shape index (κ3) is 3.45. The Kier molecular flexibility index (Phi) is 4.91. The number of nitrogens with zero attached hydrogens (tertiary/aromatic N) is 2. The first-order valence-corrected chi connectivity index (χ1v) is 9.87. The third-order valence-corrected chi connectivity index (χ3v) is 6.02. The minimum Gasteiger partial charge on any atom is -0.349 e. The number of fused-ring (bicyclic) bond motifs is 1. The smallest absolute Gasteiger partial charge is 0.234 e. The van der Waals surface area contributed by atoms with Gasteiger partial charge in [0.05, 0.1) is 12.6 Å². The molecule has 1 amide bonds. The Morgan fingerprint density at radius 3 is 2.77 bits per heavy atom. The Hall–Kier alpha value is -2.37. The molecule has 0 spiro atoms. The van der Waals surface area contributed by atoms with Gasteiger partial charge in [-0.3, -0.25) is 9.69 Å². The van der Waals surface area contributed by atoms with Crippen LogP contribution in [-0.2, 0) is 11.3 Å². The number of hydrogen-bond donors (Lipinski definition) is 1. The predicted octanol–water partition coefficient (Wildman–Crippen LogP) is 3.83. The molecule has 1 aliphatic rings. The van der Waals surface area contributed by atoms with E-state index in [2.05, 4.69) is 63.6 Å². The van der Waals surface area contributed by atoms with Crippen LogP contribution in [0.2, 0.25) is 0 Å². The lowest BCUT2D eigenvalue weighted by molar-refractivity contribution is -0.123. The van der Waals surface area contributed by atoms with E-state index in [1.54, 1.807) is 11.3 Å². The monoisotopic (exact) mass is 365 g/mol. The van der Waals surface area contributed by atoms with Crippen molar-refractivity contribution in [1.82, 2.24) is 14.8 Å². The first-order chi connectivity index (χ1) is 12.7. The van der Waals surface area contributed by atoms with Crippen molar-refractivity contribution in [2.24, 2.45) is 0 Å². The summed E-state index contributed by atoms with van der Waals surface area (Å²) in [7, 11) is 0. The molecule has 4 nitrogen and oxygen atoms in total. The summed E-state index contributed by atoms with van der Waals surface area (Å²) in [5.41, 5.74) is 2.39. The minimum absolute atomic E-state index is 0.0686. The Bertz CT molecular complexity index is 857. The number of aromatic nitrogens is 1. The number of carbonyl (C=O) groups is 1. The Morgan fingerprint density at radius 2 is 2.00 bits per heavy atom. The highest BCUT2D eigenvalue weighted by Crippen LogP contribution is 2.27. The van der Waals surface area contributed by atoms with Crippen LogP contribution in [0.3, 0.4) is 0 Å². The van der Waals surface area contributed by atoms with E-state index in [0.29, 0.717) is 6.54 Å². The van der Waals surface area contributed by atoms with Gasteiger partial charge in [-0.05, 0) is 36.1 Å². The fourth-order valence-corrected chi connectivity index (χ4v) is 4.46. The highest BCUT2D eigenvalue weighted by Gasteiger charge is 2.26. The molecule has 2 atom stereocenters. The number of thiophene rings is 1. The Morgan fingerprint density at radius 1 is 1.15 bits per heavy atom. The van der Waals surface area contributed by atoms with Gasteiger partial charge in [0.1, 0.15) is 0 Å². The van der Waals surface area contributed by atoms with Gasteiger partial charge in [-0.15, -0.1) is 11.3 Å². The maximum absolute atomic E-state index is 12.8. The Labute approximate surface area is 158 Å². The molecule has 3 heterocycles. The number of hydrogen-bond acceptors (Lipinski definition) is 3. The summed E-state index contributed by atoms with van der Waals surface area (Å²) in [6, 6.07) is 18.7. The molecular weight excluding hydrogens is 342 g/mol. The van der Waals surface area contributed by atoms with Crippen molar-refractivity contribution in [3.63, 3.8) is 0 Å². The lowest BCUT2D eigenvalue weighted by atomic mass is 10.1. The van der Waals surface area contributed by atoms with Crippen LogP contribution in [0.1, 0.15) is 35.1 Å². The Balaban J connectivity index is 1.48. The second-order valence-electron chi connectivity index (χ2n) is 6.70.